The molecule has 1 aromatic carbocycles. The lowest BCUT2D eigenvalue weighted by atomic mass is 10.1. The van der Waals surface area contributed by atoms with Crippen LogP contribution in [0.1, 0.15) is 0 Å². The Labute approximate surface area is 81.2 Å². The van der Waals surface area contributed by atoms with Crippen molar-refractivity contribution in [3.8, 4) is 11.3 Å². The summed E-state index contributed by atoms with van der Waals surface area (Å²) in [5.41, 5.74) is 7.70. The van der Waals surface area contributed by atoms with Crippen LogP contribution in [0.15, 0.2) is 42.6 Å². The van der Waals surface area contributed by atoms with E-state index in [9.17, 15) is 4.39 Å². The Balaban J connectivity index is 2.44. The zero-order valence-electron chi connectivity index (χ0n) is 7.44. The second-order valence-corrected chi connectivity index (χ2v) is 2.98. The molecule has 0 unspecified atom stereocenters. The summed E-state index contributed by atoms with van der Waals surface area (Å²) in [6, 6.07) is 9.88. The molecule has 1 heterocycles. The van der Waals surface area contributed by atoms with Crippen molar-refractivity contribution in [2.75, 3.05) is 5.73 Å². The van der Waals surface area contributed by atoms with Crippen molar-refractivity contribution in [1.29, 1.82) is 0 Å². The van der Waals surface area contributed by atoms with Gasteiger partial charge < -0.3 is 5.73 Å². The molecule has 2 aromatic rings. The molecule has 70 valence electrons. The predicted molar refractivity (Wildman–Crippen MR) is 54.0 cm³/mol. The van der Waals surface area contributed by atoms with E-state index in [4.69, 9.17) is 5.73 Å². The van der Waals surface area contributed by atoms with E-state index in [1.807, 2.05) is 12.1 Å². The van der Waals surface area contributed by atoms with Crippen molar-refractivity contribution < 1.29 is 4.39 Å². The third-order valence-corrected chi connectivity index (χ3v) is 1.93. The van der Waals surface area contributed by atoms with Crippen molar-refractivity contribution in [3.63, 3.8) is 0 Å². The van der Waals surface area contributed by atoms with Gasteiger partial charge in [0.1, 0.15) is 5.82 Å². The van der Waals surface area contributed by atoms with Crippen LogP contribution in [-0.2, 0) is 0 Å². The summed E-state index contributed by atoms with van der Waals surface area (Å²) in [5, 5.41) is 0. The highest BCUT2D eigenvalue weighted by Crippen LogP contribution is 2.18. The van der Waals surface area contributed by atoms with E-state index in [0.717, 1.165) is 5.56 Å². The molecule has 0 fully saturated rings. The second-order valence-electron chi connectivity index (χ2n) is 2.98. The smallest absolute Gasteiger partial charge is 0.126 e. The molecule has 0 amide bonds. The molecule has 0 radical (unpaired) electrons. The zero-order chi connectivity index (χ0) is 9.97. The first-order valence-corrected chi connectivity index (χ1v) is 4.23. The van der Waals surface area contributed by atoms with E-state index >= 15 is 0 Å². The minimum atomic E-state index is -0.285. The maximum absolute atomic E-state index is 12.9. The first kappa shape index (κ1) is 8.69. The summed E-state index contributed by atoms with van der Waals surface area (Å²) in [7, 11) is 0. The number of pyridine rings is 1. The molecule has 1 aromatic heterocycles. The summed E-state index contributed by atoms with van der Waals surface area (Å²) in [5.74, 6) is -0.285. The van der Waals surface area contributed by atoms with E-state index in [0.29, 0.717) is 11.4 Å². The number of nitrogens with two attached hydrogens (primary N) is 1. The Bertz CT molecular complexity index is 437. The van der Waals surface area contributed by atoms with Gasteiger partial charge in [0.15, 0.2) is 0 Å². The summed E-state index contributed by atoms with van der Waals surface area (Å²) in [6.45, 7) is 0. The summed E-state index contributed by atoms with van der Waals surface area (Å²) < 4.78 is 12.9. The molecule has 0 saturated heterocycles. The average Bonchev–Trinajstić information content (AvgIpc) is 2.19. The van der Waals surface area contributed by atoms with E-state index in [2.05, 4.69) is 4.98 Å². The maximum Gasteiger partial charge on any atom is 0.126 e. The normalized spacial score (nSPS) is 10.1. The minimum Gasteiger partial charge on any atom is -0.399 e. The number of hydrogen-bond donors (Lipinski definition) is 1. The molecule has 0 aliphatic carbocycles. The van der Waals surface area contributed by atoms with Crippen LogP contribution in [0, 0.1) is 5.82 Å². The van der Waals surface area contributed by atoms with Crippen LogP contribution in [0.5, 0.6) is 0 Å². The molecule has 0 aliphatic rings. The Morgan fingerprint density at radius 1 is 1.07 bits per heavy atom. The van der Waals surface area contributed by atoms with Gasteiger partial charge in [0.2, 0.25) is 0 Å². The summed E-state index contributed by atoms with van der Waals surface area (Å²) in [6.07, 6.45) is 1.45. The number of hydrogen-bond acceptors (Lipinski definition) is 2. The third kappa shape index (κ3) is 1.71. The zero-order valence-corrected chi connectivity index (χ0v) is 7.44. The Morgan fingerprint density at radius 2 is 1.79 bits per heavy atom. The molecule has 2 rings (SSSR count). The first-order chi connectivity index (χ1) is 6.75. The molecule has 2 N–H and O–H groups in total. The molecule has 0 aliphatic heterocycles. The van der Waals surface area contributed by atoms with Gasteiger partial charge >= 0.3 is 0 Å². The van der Waals surface area contributed by atoms with Crippen molar-refractivity contribution >= 4 is 5.69 Å². The average molecular weight is 188 g/mol. The van der Waals surface area contributed by atoms with Gasteiger partial charge in [0.05, 0.1) is 5.69 Å². The van der Waals surface area contributed by atoms with E-state index in [1.165, 1.54) is 18.3 Å². The Kier molecular flexibility index (Phi) is 2.14. The number of rotatable bonds is 1. The van der Waals surface area contributed by atoms with Crippen molar-refractivity contribution in [3.05, 3.63) is 48.4 Å². The van der Waals surface area contributed by atoms with E-state index in [1.54, 1.807) is 12.1 Å². The van der Waals surface area contributed by atoms with Crippen LogP contribution in [0.2, 0.25) is 0 Å². The number of nitrogens with zero attached hydrogens (tertiary/aromatic N) is 1. The summed E-state index contributed by atoms with van der Waals surface area (Å²) in [4.78, 5) is 4.06. The lowest BCUT2D eigenvalue weighted by Crippen LogP contribution is -1.86. The third-order valence-electron chi connectivity index (χ3n) is 1.93. The maximum atomic E-state index is 12.9. The quantitative estimate of drug-likeness (QED) is 0.698. The molecule has 0 saturated carbocycles. The van der Waals surface area contributed by atoms with Crippen molar-refractivity contribution in [2.24, 2.45) is 0 Å². The van der Waals surface area contributed by atoms with Crippen LogP contribution in [0.25, 0.3) is 11.3 Å². The first-order valence-electron chi connectivity index (χ1n) is 4.23. The number of halogens is 1. The molecule has 2 nitrogen and oxygen atoms in total. The largest absolute Gasteiger partial charge is 0.399 e. The SMILES string of the molecule is Nc1ccc(-c2cc(F)ccn2)cc1. The summed E-state index contributed by atoms with van der Waals surface area (Å²) >= 11 is 0. The van der Waals surface area contributed by atoms with Gasteiger partial charge in [0.25, 0.3) is 0 Å². The highest BCUT2D eigenvalue weighted by molar-refractivity contribution is 5.61. The highest BCUT2D eigenvalue weighted by Gasteiger charge is 1.99. The molecule has 3 heteroatoms. The van der Waals surface area contributed by atoms with Crippen LogP contribution >= 0.6 is 0 Å². The molecule has 0 atom stereocenters. The van der Waals surface area contributed by atoms with Gasteiger partial charge in [-0.05, 0) is 18.2 Å². The molecular weight excluding hydrogens is 179 g/mol. The molecule has 0 bridgehead atoms. The van der Waals surface area contributed by atoms with Crippen LogP contribution in [-0.4, -0.2) is 4.98 Å². The molecule has 14 heavy (non-hydrogen) atoms. The van der Waals surface area contributed by atoms with Gasteiger partial charge in [0, 0.05) is 23.5 Å². The van der Waals surface area contributed by atoms with Gasteiger partial charge in [-0.15, -0.1) is 0 Å². The van der Waals surface area contributed by atoms with Gasteiger partial charge in [-0.2, -0.15) is 0 Å². The number of benzene rings is 1. The monoisotopic (exact) mass is 188 g/mol. The number of nitrogen functional groups attached to an aromatic ring is 1. The fourth-order valence-electron chi connectivity index (χ4n) is 1.22. The van der Waals surface area contributed by atoms with Crippen LogP contribution in [0.3, 0.4) is 0 Å². The van der Waals surface area contributed by atoms with E-state index in [-0.39, 0.29) is 5.82 Å². The fraction of sp³-hybridized carbons (Fsp3) is 0. The second kappa shape index (κ2) is 3.46. The van der Waals surface area contributed by atoms with Gasteiger partial charge in [-0.25, -0.2) is 4.39 Å². The number of anilines is 1. The topological polar surface area (TPSA) is 38.9 Å². The molecule has 0 spiro atoms. The predicted octanol–water partition coefficient (Wildman–Crippen LogP) is 2.47. The number of aromatic nitrogens is 1. The van der Waals surface area contributed by atoms with Crippen LogP contribution < -0.4 is 5.73 Å². The fourth-order valence-corrected chi connectivity index (χ4v) is 1.22. The standard InChI is InChI=1S/C11H9FN2/c12-9-5-6-14-11(7-9)8-1-3-10(13)4-2-8/h1-7H,13H2. The minimum absolute atomic E-state index is 0.285. The van der Waals surface area contributed by atoms with Gasteiger partial charge in [-0.3, -0.25) is 4.98 Å². The van der Waals surface area contributed by atoms with E-state index < -0.39 is 0 Å². The van der Waals surface area contributed by atoms with Crippen molar-refractivity contribution in [2.45, 2.75) is 0 Å². The molecular formula is C11H9FN2. The Morgan fingerprint density at radius 3 is 2.43 bits per heavy atom. The highest BCUT2D eigenvalue weighted by atomic mass is 19.1. The lowest BCUT2D eigenvalue weighted by Gasteiger charge is -2.00. The van der Waals surface area contributed by atoms with Crippen LogP contribution in [0.4, 0.5) is 10.1 Å². The Hall–Kier alpha value is -1.90. The van der Waals surface area contributed by atoms with Gasteiger partial charge in [-0.1, -0.05) is 12.1 Å². The van der Waals surface area contributed by atoms with Crippen molar-refractivity contribution in [1.82, 2.24) is 4.98 Å². The lowest BCUT2D eigenvalue weighted by molar-refractivity contribution is 0.626.